The Hall–Kier alpha value is -2.58. The zero-order valence-corrected chi connectivity index (χ0v) is 15.7. The molecule has 2 heteroatoms. The van der Waals surface area contributed by atoms with Crippen LogP contribution in [-0.4, -0.2) is 6.61 Å². The molecule has 0 saturated carbocycles. The molecule has 2 aromatic rings. The smallest absolute Gasteiger partial charge is 0.0936 e. The number of unbranched alkanes of at least 4 members (excludes halogenated alkanes) is 1. The second-order valence-corrected chi connectivity index (χ2v) is 6.28. The van der Waals surface area contributed by atoms with Gasteiger partial charge < -0.3 is 9.47 Å². The van der Waals surface area contributed by atoms with Gasteiger partial charge in [-0.15, -0.1) is 0 Å². The van der Waals surface area contributed by atoms with Gasteiger partial charge >= 0.3 is 0 Å². The van der Waals surface area contributed by atoms with Crippen LogP contribution in [0, 0.1) is 0 Å². The molecule has 0 heterocycles. The lowest BCUT2D eigenvalue weighted by Gasteiger charge is -2.04. The molecule has 0 bridgehead atoms. The van der Waals surface area contributed by atoms with E-state index in [0.717, 1.165) is 18.4 Å². The third-order valence-corrected chi connectivity index (χ3v) is 3.92. The third-order valence-electron chi connectivity index (χ3n) is 3.92. The highest BCUT2D eigenvalue weighted by atomic mass is 16.5. The van der Waals surface area contributed by atoms with E-state index in [9.17, 15) is 0 Å². The van der Waals surface area contributed by atoms with Crippen LogP contribution in [0.1, 0.15) is 37.8 Å². The molecule has 0 aliphatic rings. The van der Waals surface area contributed by atoms with Gasteiger partial charge in [0.2, 0.25) is 0 Å². The second-order valence-electron chi connectivity index (χ2n) is 6.28. The largest absolute Gasteiger partial charge is 0.473 e. The Morgan fingerprint density at radius 2 is 1.58 bits per heavy atom. The molecule has 0 unspecified atom stereocenters. The minimum Gasteiger partial charge on any atom is -0.473 e. The van der Waals surface area contributed by atoms with E-state index in [1.54, 1.807) is 12.5 Å². The Kier molecular flexibility index (Phi) is 9.02. The first-order chi connectivity index (χ1) is 12.8. The zero-order valence-electron chi connectivity index (χ0n) is 15.7. The van der Waals surface area contributed by atoms with Crippen molar-refractivity contribution in [3.05, 3.63) is 102 Å². The van der Waals surface area contributed by atoms with E-state index >= 15 is 0 Å². The van der Waals surface area contributed by atoms with E-state index < -0.39 is 0 Å². The maximum atomic E-state index is 5.73. The molecule has 0 spiro atoms. The first-order valence-electron chi connectivity index (χ1n) is 9.05. The predicted molar refractivity (Wildman–Crippen MR) is 109 cm³/mol. The van der Waals surface area contributed by atoms with Crippen LogP contribution in [0.4, 0.5) is 0 Å². The SMILES string of the molecule is C/C(=C\CC/C=C/O/C=C(\C)c1ccccc1)COCc1ccccc1. The summed E-state index contributed by atoms with van der Waals surface area (Å²) in [5, 5.41) is 0. The lowest BCUT2D eigenvalue weighted by atomic mass is 10.1. The number of hydrogen-bond donors (Lipinski definition) is 0. The lowest BCUT2D eigenvalue weighted by Crippen LogP contribution is -1.96. The molecule has 0 amide bonds. The molecule has 0 aromatic heterocycles. The van der Waals surface area contributed by atoms with Crippen LogP contribution in [-0.2, 0) is 16.1 Å². The van der Waals surface area contributed by atoms with Crippen molar-refractivity contribution in [2.24, 2.45) is 0 Å². The molecular weight excluding hydrogens is 320 g/mol. The summed E-state index contributed by atoms with van der Waals surface area (Å²) in [5.74, 6) is 0. The molecule has 0 fully saturated rings. The summed E-state index contributed by atoms with van der Waals surface area (Å²) < 4.78 is 11.2. The van der Waals surface area contributed by atoms with Crippen LogP contribution in [0.3, 0.4) is 0 Å². The van der Waals surface area contributed by atoms with E-state index in [1.165, 1.54) is 16.7 Å². The van der Waals surface area contributed by atoms with E-state index in [0.29, 0.717) is 13.2 Å². The van der Waals surface area contributed by atoms with Crippen molar-refractivity contribution < 1.29 is 9.47 Å². The summed E-state index contributed by atoms with van der Waals surface area (Å²) in [6.07, 6.45) is 9.74. The maximum Gasteiger partial charge on any atom is 0.0936 e. The minimum atomic E-state index is 0.660. The summed E-state index contributed by atoms with van der Waals surface area (Å²) in [6, 6.07) is 20.5. The van der Waals surface area contributed by atoms with Crippen LogP contribution >= 0.6 is 0 Å². The first kappa shape index (κ1) is 19.7. The Bertz CT molecular complexity index is 712. The monoisotopic (exact) mass is 348 g/mol. The summed E-state index contributed by atoms with van der Waals surface area (Å²) in [5.41, 5.74) is 4.76. The normalized spacial score (nSPS) is 12.5. The highest BCUT2D eigenvalue weighted by Gasteiger charge is 1.94. The van der Waals surface area contributed by atoms with Gasteiger partial charge in [-0.05, 0) is 49.5 Å². The highest BCUT2D eigenvalue weighted by molar-refractivity contribution is 5.62. The fourth-order valence-electron chi connectivity index (χ4n) is 2.42. The van der Waals surface area contributed by atoms with Crippen molar-refractivity contribution in [1.82, 2.24) is 0 Å². The first-order valence-corrected chi connectivity index (χ1v) is 9.05. The number of rotatable bonds is 10. The van der Waals surface area contributed by atoms with Gasteiger partial charge in [-0.1, -0.05) is 72.3 Å². The average molecular weight is 348 g/mol. The zero-order chi connectivity index (χ0) is 18.5. The average Bonchev–Trinajstić information content (AvgIpc) is 2.68. The minimum absolute atomic E-state index is 0.660. The Morgan fingerprint density at radius 1 is 0.885 bits per heavy atom. The van der Waals surface area contributed by atoms with Crippen molar-refractivity contribution in [2.45, 2.75) is 33.3 Å². The van der Waals surface area contributed by atoms with Crippen LogP contribution in [0.2, 0.25) is 0 Å². The molecule has 2 rings (SSSR count). The van der Waals surface area contributed by atoms with Gasteiger partial charge in [0.15, 0.2) is 0 Å². The van der Waals surface area contributed by atoms with Crippen molar-refractivity contribution in [1.29, 1.82) is 0 Å². The fourth-order valence-corrected chi connectivity index (χ4v) is 2.42. The van der Waals surface area contributed by atoms with E-state index in [1.807, 2.05) is 49.4 Å². The predicted octanol–water partition coefficient (Wildman–Crippen LogP) is 6.52. The summed E-state index contributed by atoms with van der Waals surface area (Å²) >= 11 is 0. The molecule has 0 N–H and O–H groups in total. The van der Waals surface area contributed by atoms with Crippen molar-refractivity contribution in [2.75, 3.05) is 6.61 Å². The molecule has 136 valence electrons. The van der Waals surface area contributed by atoms with Gasteiger partial charge in [0.1, 0.15) is 0 Å². The van der Waals surface area contributed by atoms with Crippen LogP contribution in [0.15, 0.2) is 90.9 Å². The Labute approximate surface area is 157 Å². The number of allylic oxidation sites excluding steroid dienone is 3. The van der Waals surface area contributed by atoms with Gasteiger partial charge in [0.05, 0.1) is 25.7 Å². The van der Waals surface area contributed by atoms with Gasteiger partial charge in [-0.2, -0.15) is 0 Å². The quantitative estimate of drug-likeness (QED) is 0.276. The van der Waals surface area contributed by atoms with Crippen LogP contribution < -0.4 is 0 Å². The lowest BCUT2D eigenvalue weighted by molar-refractivity contribution is 0.142. The fraction of sp³-hybridized carbons (Fsp3) is 0.250. The molecule has 2 aromatic carbocycles. The topological polar surface area (TPSA) is 18.5 Å². The highest BCUT2D eigenvalue weighted by Crippen LogP contribution is 2.12. The van der Waals surface area contributed by atoms with E-state index in [2.05, 4.69) is 37.3 Å². The third kappa shape index (κ3) is 8.00. The van der Waals surface area contributed by atoms with Gasteiger partial charge in [0.25, 0.3) is 0 Å². The standard InChI is InChI=1S/C24H28O2/c1-21(18-26-20-23-13-7-3-8-14-23)12-6-5-11-17-25-19-22(2)24-15-9-4-10-16-24/h3-4,7-17,19H,5-6,18,20H2,1-2H3/b17-11+,21-12+,22-19+. The number of ether oxygens (including phenoxy) is 2. The molecule has 0 aliphatic carbocycles. The van der Waals surface area contributed by atoms with Crippen molar-refractivity contribution in [3.8, 4) is 0 Å². The Balaban J connectivity index is 1.59. The van der Waals surface area contributed by atoms with Gasteiger partial charge in [0, 0.05) is 0 Å². The van der Waals surface area contributed by atoms with Crippen molar-refractivity contribution >= 4 is 5.57 Å². The second kappa shape index (κ2) is 11.9. The van der Waals surface area contributed by atoms with Gasteiger partial charge in [-0.3, -0.25) is 0 Å². The summed E-state index contributed by atoms with van der Waals surface area (Å²) in [6.45, 7) is 5.49. The maximum absolute atomic E-state index is 5.73. The van der Waals surface area contributed by atoms with Crippen LogP contribution in [0.5, 0.6) is 0 Å². The van der Waals surface area contributed by atoms with E-state index in [4.69, 9.17) is 9.47 Å². The molecule has 0 saturated heterocycles. The van der Waals surface area contributed by atoms with Crippen LogP contribution in [0.25, 0.3) is 5.57 Å². The van der Waals surface area contributed by atoms with E-state index in [-0.39, 0.29) is 0 Å². The Morgan fingerprint density at radius 3 is 2.31 bits per heavy atom. The molecule has 0 radical (unpaired) electrons. The molecule has 2 nitrogen and oxygen atoms in total. The molecule has 0 atom stereocenters. The summed E-state index contributed by atoms with van der Waals surface area (Å²) in [7, 11) is 0. The molecule has 26 heavy (non-hydrogen) atoms. The number of benzene rings is 2. The number of hydrogen-bond acceptors (Lipinski definition) is 2. The molecule has 0 aliphatic heterocycles. The summed E-state index contributed by atoms with van der Waals surface area (Å²) in [4.78, 5) is 0. The van der Waals surface area contributed by atoms with Gasteiger partial charge in [-0.25, -0.2) is 0 Å². The molecular formula is C24H28O2. The van der Waals surface area contributed by atoms with Crippen molar-refractivity contribution in [3.63, 3.8) is 0 Å².